The summed E-state index contributed by atoms with van der Waals surface area (Å²) in [5.74, 6) is 2.93. The van der Waals surface area contributed by atoms with Gasteiger partial charge < -0.3 is 15.1 Å². The van der Waals surface area contributed by atoms with Gasteiger partial charge in [0.15, 0.2) is 5.96 Å². The zero-order chi connectivity index (χ0) is 18.8. The van der Waals surface area contributed by atoms with Gasteiger partial charge in [-0.25, -0.2) is 0 Å². The van der Waals surface area contributed by atoms with Crippen molar-refractivity contribution in [3.8, 4) is 0 Å². The van der Waals surface area contributed by atoms with Crippen LogP contribution in [0.2, 0.25) is 0 Å². The summed E-state index contributed by atoms with van der Waals surface area (Å²) in [6.07, 6.45) is 6.70. The predicted molar refractivity (Wildman–Crippen MR) is 110 cm³/mol. The summed E-state index contributed by atoms with van der Waals surface area (Å²) in [4.78, 5) is 4.72. The monoisotopic (exact) mass is 377 g/mol. The van der Waals surface area contributed by atoms with E-state index in [9.17, 15) is 0 Å². The summed E-state index contributed by atoms with van der Waals surface area (Å²) < 4.78 is 7.33. The van der Waals surface area contributed by atoms with Gasteiger partial charge in [-0.2, -0.15) is 16.9 Å². The van der Waals surface area contributed by atoms with Crippen LogP contribution in [0.5, 0.6) is 0 Å². The normalized spacial score (nSPS) is 11.8. The number of aromatic nitrogens is 2. The Bertz CT molecular complexity index is 678. The van der Waals surface area contributed by atoms with E-state index >= 15 is 0 Å². The minimum Gasteiger partial charge on any atom is -0.469 e. The summed E-state index contributed by atoms with van der Waals surface area (Å²) in [5.41, 5.74) is 3.73. The molecular formula is C19H31N5OS. The summed E-state index contributed by atoms with van der Waals surface area (Å²) in [7, 11) is 2.00. The Morgan fingerprint density at radius 2 is 2.08 bits per heavy atom. The molecule has 0 aliphatic carbocycles. The highest BCUT2D eigenvalue weighted by Gasteiger charge is 2.08. The fourth-order valence-corrected chi connectivity index (χ4v) is 3.14. The van der Waals surface area contributed by atoms with Gasteiger partial charge in [0.1, 0.15) is 5.76 Å². The number of hydrogen-bond donors (Lipinski definition) is 2. The van der Waals surface area contributed by atoms with Gasteiger partial charge >= 0.3 is 0 Å². The van der Waals surface area contributed by atoms with Gasteiger partial charge in [-0.3, -0.25) is 9.67 Å². The molecule has 2 rings (SSSR count). The van der Waals surface area contributed by atoms with E-state index in [2.05, 4.69) is 35.8 Å². The van der Waals surface area contributed by atoms with Crippen molar-refractivity contribution < 1.29 is 4.42 Å². The zero-order valence-corrected chi connectivity index (χ0v) is 17.2. The summed E-state index contributed by atoms with van der Waals surface area (Å²) >= 11 is 1.83. The minimum absolute atomic E-state index is 0.795. The Kier molecular flexibility index (Phi) is 8.61. The molecule has 0 spiro atoms. The second-order valence-electron chi connectivity index (χ2n) is 6.28. The standard InChI is InChI=1S/C19H31N5OS/c1-15-18(16(2)24(3)23-15)8-5-10-20-19(22-12-14-26-4)21-11-9-17-7-6-13-25-17/h6-7,13H,5,8-12,14H2,1-4H3,(H2,20,21,22). The van der Waals surface area contributed by atoms with E-state index in [1.807, 2.05) is 35.6 Å². The van der Waals surface area contributed by atoms with Crippen molar-refractivity contribution in [1.29, 1.82) is 0 Å². The molecule has 2 aromatic heterocycles. The maximum absolute atomic E-state index is 5.37. The fourth-order valence-electron chi connectivity index (χ4n) is 2.83. The lowest BCUT2D eigenvalue weighted by Gasteiger charge is -2.12. The van der Waals surface area contributed by atoms with Crippen molar-refractivity contribution in [2.75, 3.05) is 31.6 Å². The molecule has 0 aliphatic rings. The number of aryl methyl sites for hydroxylation is 2. The number of nitrogens with zero attached hydrogens (tertiary/aromatic N) is 3. The van der Waals surface area contributed by atoms with Crippen molar-refractivity contribution in [1.82, 2.24) is 20.4 Å². The molecule has 0 aliphatic heterocycles. The van der Waals surface area contributed by atoms with E-state index in [1.165, 1.54) is 11.3 Å². The lowest BCUT2D eigenvalue weighted by Crippen LogP contribution is -2.39. The molecule has 0 fully saturated rings. The Hall–Kier alpha value is -1.89. The van der Waals surface area contributed by atoms with Crippen LogP contribution >= 0.6 is 11.8 Å². The van der Waals surface area contributed by atoms with E-state index in [0.29, 0.717) is 0 Å². The molecule has 2 N–H and O–H groups in total. The Morgan fingerprint density at radius 1 is 1.27 bits per heavy atom. The second-order valence-corrected chi connectivity index (χ2v) is 7.27. The Morgan fingerprint density at radius 3 is 2.73 bits per heavy atom. The van der Waals surface area contributed by atoms with E-state index in [4.69, 9.17) is 9.41 Å². The number of guanidine groups is 1. The van der Waals surface area contributed by atoms with Crippen molar-refractivity contribution in [2.45, 2.75) is 33.1 Å². The van der Waals surface area contributed by atoms with E-state index in [0.717, 1.165) is 62.1 Å². The SMILES string of the molecule is CSCCNC(=NCCCc1c(C)nn(C)c1C)NCCc1ccco1. The quantitative estimate of drug-likeness (QED) is 0.379. The number of hydrogen-bond acceptors (Lipinski definition) is 4. The molecule has 2 heterocycles. The van der Waals surface area contributed by atoms with Crippen LogP contribution in [-0.2, 0) is 19.9 Å². The molecular weight excluding hydrogens is 346 g/mol. The number of nitrogens with one attached hydrogen (secondary N) is 2. The highest BCUT2D eigenvalue weighted by Crippen LogP contribution is 2.13. The van der Waals surface area contributed by atoms with Crippen molar-refractivity contribution in [2.24, 2.45) is 12.0 Å². The molecule has 0 aromatic carbocycles. The highest BCUT2D eigenvalue weighted by molar-refractivity contribution is 7.98. The Labute approximate surface area is 160 Å². The molecule has 0 radical (unpaired) electrons. The van der Waals surface area contributed by atoms with E-state index in [1.54, 1.807) is 6.26 Å². The Balaban J connectivity index is 1.80. The lowest BCUT2D eigenvalue weighted by atomic mass is 10.1. The molecule has 0 atom stereocenters. The first-order valence-corrected chi connectivity index (χ1v) is 10.5. The topological polar surface area (TPSA) is 67.4 Å². The molecule has 2 aromatic rings. The number of rotatable bonds is 10. The molecule has 0 bridgehead atoms. The maximum Gasteiger partial charge on any atom is 0.191 e. The van der Waals surface area contributed by atoms with Crippen LogP contribution in [0, 0.1) is 13.8 Å². The number of aliphatic imine (C=N–C) groups is 1. The molecule has 6 nitrogen and oxygen atoms in total. The van der Waals surface area contributed by atoms with Gasteiger partial charge in [-0.1, -0.05) is 0 Å². The third-order valence-corrected chi connectivity index (χ3v) is 4.97. The molecule has 7 heteroatoms. The average molecular weight is 378 g/mol. The van der Waals surface area contributed by atoms with Gasteiger partial charge in [-0.15, -0.1) is 0 Å². The van der Waals surface area contributed by atoms with Gasteiger partial charge in [0.05, 0.1) is 12.0 Å². The molecule has 0 saturated heterocycles. The largest absolute Gasteiger partial charge is 0.469 e. The molecule has 144 valence electrons. The van der Waals surface area contributed by atoms with Crippen LogP contribution in [0.15, 0.2) is 27.8 Å². The zero-order valence-electron chi connectivity index (χ0n) is 16.3. The van der Waals surface area contributed by atoms with E-state index in [-0.39, 0.29) is 0 Å². The minimum atomic E-state index is 0.795. The third kappa shape index (κ3) is 6.44. The third-order valence-electron chi connectivity index (χ3n) is 4.36. The summed E-state index contributed by atoms with van der Waals surface area (Å²) in [6.45, 7) is 6.72. The van der Waals surface area contributed by atoms with Crippen LogP contribution in [-0.4, -0.2) is 47.4 Å². The first-order chi connectivity index (χ1) is 12.6. The van der Waals surface area contributed by atoms with Gasteiger partial charge in [-0.05, 0) is 50.6 Å². The van der Waals surface area contributed by atoms with Crippen LogP contribution in [0.3, 0.4) is 0 Å². The number of thioether (sulfide) groups is 1. The van der Waals surface area contributed by atoms with Crippen LogP contribution < -0.4 is 10.6 Å². The van der Waals surface area contributed by atoms with Gasteiger partial charge in [0, 0.05) is 44.5 Å². The van der Waals surface area contributed by atoms with Crippen molar-refractivity contribution in [3.63, 3.8) is 0 Å². The van der Waals surface area contributed by atoms with Crippen molar-refractivity contribution >= 4 is 17.7 Å². The molecule has 0 unspecified atom stereocenters. The van der Waals surface area contributed by atoms with Gasteiger partial charge in [0.25, 0.3) is 0 Å². The maximum atomic E-state index is 5.37. The van der Waals surface area contributed by atoms with Crippen LogP contribution in [0.1, 0.15) is 29.1 Å². The smallest absolute Gasteiger partial charge is 0.191 e. The van der Waals surface area contributed by atoms with Crippen LogP contribution in [0.25, 0.3) is 0 Å². The first-order valence-electron chi connectivity index (χ1n) is 9.14. The first kappa shape index (κ1) is 20.4. The number of furan rings is 1. The average Bonchev–Trinajstić information content (AvgIpc) is 3.21. The summed E-state index contributed by atoms with van der Waals surface area (Å²) in [5, 5.41) is 11.3. The highest BCUT2D eigenvalue weighted by atomic mass is 32.2. The molecule has 26 heavy (non-hydrogen) atoms. The lowest BCUT2D eigenvalue weighted by molar-refractivity contribution is 0.507. The van der Waals surface area contributed by atoms with Gasteiger partial charge in [0.2, 0.25) is 0 Å². The van der Waals surface area contributed by atoms with E-state index < -0.39 is 0 Å². The molecule has 0 amide bonds. The predicted octanol–water partition coefficient (Wildman–Crippen LogP) is 2.70. The van der Waals surface area contributed by atoms with Crippen LogP contribution in [0.4, 0.5) is 0 Å². The fraction of sp³-hybridized carbons (Fsp3) is 0.579. The summed E-state index contributed by atoms with van der Waals surface area (Å²) in [6, 6.07) is 3.92. The second kappa shape index (κ2) is 11.0. The van der Waals surface area contributed by atoms with Crippen molar-refractivity contribution in [3.05, 3.63) is 41.1 Å². The molecule has 0 saturated carbocycles.